The lowest BCUT2D eigenvalue weighted by atomic mass is 10.2. The van der Waals surface area contributed by atoms with Crippen LogP contribution in [0.2, 0.25) is 0 Å². The number of hydrogen-bond donors (Lipinski definition) is 0. The van der Waals surface area contributed by atoms with Gasteiger partial charge in [0.25, 0.3) is 0 Å². The second-order valence-electron chi connectivity index (χ2n) is 13.3. The van der Waals surface area contributed by atoms with Crippen molar-refractivity contribution in [1.82, 2.24) is 0 Å². The summed E-state index contributed by atoms with van der Waals surface area (Å²) in [4.78, 5) is 0. The third-order valence-corrected chi connectivity index (χ3v) is 13.6. The summed E-state index contributed by atoms with van der Waals surface area (Å²) >= 11 is 0. The fraction of sp³-hybridized carbons (Fsp3) is 0.442. The topological polar surface area (TPSA) is 13.0 Å². The molecule has 0 unspecified atom stereocenters. The van der Waals surface area contributed by atoms with Gasteiger partial charge in [0, 0.05) is 0 Å². The quantitative estimate of drug-likeness (QED) is 0.0653. The van der Waals surface area contributed by atoms with Crippen LogP contribution in [0.4, 0.5) is 22.7 Å². The molecule has 0 aliphatic rings. The highest BCUT2D eigenvalue weighted by atomic mass is 127. The van der Waals surface area contributed by atoms with Gasteiger partial charge in [-0.15, -0.1) is 0 Å². The maximum Gasteiger partial charge on any atom is 0.405 e. The van der Waals surface area contributed by atoms with Crippen LogP contribution in [-0.2, 0) is 0 Å². The Hall–Kier alpha value is -2.76. The fourth-order valence-corrected chi connectivity index (χ4v) is 11.4. The predicted molar refractivity (Wildman–Crippen MR) is 216 cm³/mol. The maximum atomic E-state index is 2.88. The maximum absolute atomic E-state index is 2.88. The molecular weight excluding hydrogens is 730 g/mol. The minimum atomic E-state index is -2.66. The summed E-state index contributed by atoms with van der Waals surface area (Å²) in [5, 5.41) is 0. The van der Waals surface area contributed by atoms with Gasteiger partial charge < -0.3 is 24.0 Å². The van der Waals surface area contributed by atoms with E-state index in [0.29, 0.717) is 0 Å². The Balaban J connectivity index is 0.00000650. The van der Waals surface area contributed by atoms with Crippen LogP contribution >= 0.6 is 7.87 Å². The number of anilines is 4. The molecule has 6 heteroatoms. The Bertz CT molecular complexity index is 1320. The number of aryl methyl sites for hydroxylation is 3. The molecule has 4 aromatic rings. The minimum Gasteiger partial charge on any atom is -1.00 e. The average Bonchev–Trinajstić information content (AvgIpc) is 3.11. The molecule has 4 nitrogen and oxygen atoms in total. The second kappa shape index (κ2) is 20.8. The van der Waals surface area contributed by atoms with Crippen molar-refractivity contribution in [3.8, 4) is 0 Å². The van der Waals surface area contributed by atoms with Crippen molar-refractivity contribution in [3.63, 3.8) is 0 Å². The Labute approximate surface area is 317 Å². The van der Waals surface area contributed by atoms with Crippen molar-refractivity contribution < 1.29 is 24.0 Å². The highest BCUT2D eigenvalue weighted by molar-refractivity contribution is 7.81. The van der Waals surface area contributed by atoms with Gasteiger partial charge in [-0.3, -0.25) is 0 Å². The van der Waals surface area contributed by atoms with Crippen molar-refractivity contribution in [3.05, 3.63) is 120 Å². The molecule has 0 aromatic heterocycles. The van der Waals surface area contributed by atoms with Crippen molar-refractivity contribution in [1.29, 1.82) is 0 Å². The summed E-state index contributed by atoms with van der Waals surface area (Å²) in [6, 6.07) is 39.6. The molecule has 0 heterocycles. The summed E-state index contributed by atoms with van der Waals surface area (Å²) < 4.78 is 11.5. The van der Waals surface area contributed by atoms with Crippen LogP contribution in [0.1, 0.15) is 95.8 Å². The zero-order valence-electron chi connectivity index (χ0n) is 31.4. The van der Waals surface area contributed by atoms with Crippen molar-refractivity contribution in [2.24, 2.45) is 0 Å². The number of para-hydroxylation sites is 1. The van der Waals surface area contributed by atoms with E-state index in [9.17, 15) is 0 Å². The first-order valence-electron chi connectivity index (χ1n) is 18.7. The number of hydrogen-bond acceptors (Lipinski definition) is 4. The van der Waals surface area contributed by atoms with Gasteiger partial charge in [-0.2, -0.15) is 18.7 Å². The smallest absolute Gasteiger partial charge is 0.405 e. The number of rotatable bonds is 20. The number of halogens is 1. The van der Waals surface area contributed by atoms with Crippen LogP contribution in [0.15, 0.2) is 103 Å². The van der Waals surface area contributed by atoms with Crippen LogP contribution in [-0.4, -0.2) is 26.2 Å². The summed E-state index contributed by atoms with van der Waals surface area (Å²) in [6.45, 7) is 19.9. The predicted octanol–water partition coefficient (Wildman–Crippen LogP) is 9.82. The molecule has 266 valence electrons. The molecule has 0 aliphatic heterocycles. The van der Waals surface area contributed by atoms with Crippen molar-refractivity contribution in [2.75, 3.05) is 44.9 Å². The van der Waals surface area contributed by atoms with Crippen LogP contribution in [0, 0.1) is 20.8 Å². The van der Waals surface area contributed by atoms with E-state index in [-0.39, 0.29) is 24.0 Å². The molecule has 0 aliphatic carbocycles. The van der Waals surface area contributed by atoms with Crippen molar-refractivity contribution in [2.45, 2.75) is 99.8 Å². The van der Waals surface area contributed by atoms with E-state index in [1.54, 1.807) is 0 Å². The zero-order chi connectivity index (χ0) is 34.4. The second-order valence-corrected chi connectivity index (χ2v) is 16.3. The Morgan fingerprint density at radius 2 is 0.612 bits per heavy atom. The van der Waals surface area contributed by atoms with E-state index in [2.05, 4.69) is 170 Å². The van der Waals surface area contributed by atoms with Crippen molar-refractivity contribution >= 4 is 30.6 Å². The molecule has 0 bridgehead atoms. The van der Waals surface area contributed by atoms with Crippen LogP contribution in [0.25, 0.3) is 0 Å². The number of nitrogens with zero attached hydrogens (tertiary/aromatic N) is 4. The Morgan fingerprint density at radius 3 is 0.857 bits per heavy atom. The van der Waals surface area contributed by atoms with E-state index in [1.807, 2.05) is 0 Å². The highest BCUT2D eigenvalue weighted by Gasteiger charge is 2.63. The van der Waals surface area contributed by atoms with E-state index < -0.39 is 7.87 Å². The Morgan fingerprint density at radius 1 is 0.367 bits per heavy atom. The Kier molecular flexibility index (Phi) is 17.3. The third-order valence-electron chi connectivity index (χ3n) is 9.24. The van der Waals surface area contributed by atoms with E-state index in [1.165, 1.54) is 39.4 Å². The molecule has 0 atom stereocenters. The lowest BCUT2D eigenvalue weighted by Crippen LogP contribution is -3.00. The summed E-state index contributed by atoms with van der Waals surface area (Å²) in [7, 11) is -2.66. The normalized spacial score (nSPS) is 11.2. The van der Waals surface area contributed by atoms with Gasteiger partial charge in [0.2, 0.25) is 0 Å². The molecule has 0 fully saturated rings. The largest absolute Gasteiger partial charge is 1.00 e. The van der Waals surface area contributed by atoms with Gasteiger partial charge in [-0.1, -0.05) is 125 Å². The summed E-state index contributed by atoms with van der Waals surface area (Å²) in [6.07, 6.45) is 9.05. The van der Waals surface area contributed by atoms with E-state index in [4.69, 9.17) is 0 Å². The molecule has 0 amide bonds. The van der Waals surface area contributed by atoms with Crippen LogP contribution in [0.5, 0.6) is 0 Å². The van der Waals surface area contributed by atoms with Gasteiger partial charge in [0.15, 0.2) is 0 Å². The van der Waals surface area contributed by atoms with Gasteiger partial charge in [-0.25, -0.2) is 0 Å². The first kappa shape index (κ1) is 40.7. The molecule has 4 rings (SSSR count). The lowest BCUT2D eigenvalue weighted by Gasteiger charge is -2.53. The minimum absolute atomic E-state index is 0. The summed E-state index contributed by atoms with van der Waals surface area (Å²) in [5.74, 6) is 0. The molecule has 0 saturated carbocycles. The number of unbranched alkanes of at least 4 members (excludes halogenated alkanes) is 4. The fourth-order valence-electron chi connectivity index (χ4n) is 6.44. The van der Waals surface area contributed by atoms with Gasteiger partial charge >= 0.3 is 7.87 Å². The number of benzene rings is 4. The first-order chi connectivity index (χ1) is 23.4. The molecule has 0 spiro atoms. The first-order valence-corrected chi connectivity index (χ1v) is 20.3. The van der Waals surface area contributed by atoms with E-state index >= 15 is 0 Å². The standard InChI is InChI=1S/C43H62N4P.HI/c1-8-12-33-44(40-19-17-16-18-20-40)48(45(34-13-9-2)41-27-21-37(5)22-28-41,46(35-14-10-3)42-29-23-38(6)24-30-42)47(36-15-11-4)43-31-25-39(7)26-32-43;/h16-32H,8-15,33-36H2,1-7H3;1H/q+1;/p-1. The molecule has 0 radical (unpaired) electrons. The summed E-state index contributed by atoms with van der Waals surface area (Å²) in [5.41, 5.74) is 9.12. The van der Waals surface area contributed by atoms with E-state index in [0.717, 1.165) is 77.5 Å². The molecule has 49 heavy (non-hydrogen) atoms. The molecule has 0 N–H and O–H groups in total. The van der Waals surface area contributed by atoms with Gasteiger partial charge in [0.05, 0.1) is 48.9 Å². The molecular formula is C43H62IN4P. The van der Waals surface area contributed by atoms with Crippen LogP contribution < -0.4 is 42.7 Å². The monoisotopic (exact) mass is 792 g/mol. The lowest BCUT2D eigenvalue weighted by molar-refractivity contribution is -0.0000101. The zero-order valence-corrected chi connectivity index (χ0v) is 34.5. The third kappa shape index (κ3) is 10.2. The molecule has 4 aromatic carbocycles. The SMILES string of the molecule is CCCCN(c1ccccc1)[P+](N(CCCC)c1ccc(C)cc1)(N(CCCC)c1ccc(C)cc1)N(CCCC)c1ccc(C)cc1.[I-]. The molecule has 0 saturated heterocycles. The van der Waals surface area contributed by atoms with Crippen LogP contribution in [0.3, 0.4) is 0 Å². The average molecular weight is 793 g/mol. The highest BCUT2D eigenvalue weighted by Crippen LogP contribution is 2.73. The van der Waals surface area contributed by atoms with Gasteiger partial charge in [-0.05, 0) is 95.0 Å². The van der Waals surface area contributed by atoms with Gasteiger partial charge in [0.1, 0.15) is 0 Å².